The van der Waals surface area contributed by atoms with Crippen molar-refractivity contribution in [2.24, 2.45) is 0 Å². The van der Waals surface area contributed by atoms with E-state index in [9.17, 15) is 4.79 Å². The van der Waals surface area contributed by atoms with Crippen molar-refractivity contribution in [1.29, 1.82) is 0 Å². The van der Waals surface area contributed by atoms with Crippen LogP contribution in [0.5, 0.6) is 0 Å². The number of aryl methyl sites for hydroxylation is 1. The van der Waals surface area contributed by atoms with Gasteiger partial charge in [-0.2, -0.15) is 4.98 Å². The number of rotatable bonds is 5. The van der Waals surface area contributed by atoms with Crippen molar-refractivity contribution >= 4 is 32.7 Å². The molecular formula is C21H19BrN4O2. The second kappa shape index (κ2) is 7.59. The average molecular weight is 439 g/mol. The molecule has 0 saturated carbocycles. The van der Waals surface area contributed by atoms with Crippen LogP contribution in [-0.2, 0) is 6.42 Å². The smallest absolute Gasteiger partial charge is 0.274 e. The van der Waals surface area contributed by atoms with Crippen molar-refractivity contribution < 1.29 is 9.32 Å². The van der Waals surface area contributed by atoms with E-state index in [1.165, 1.54) is 5.56 Å². The number of nitrogens with one attached hydrogen (secondary N) is 1. The van der Waals surface area contributed by atoms with Gasteiger partial charge in [0.05, 0.1) is 5.56 Å². The van der Waals surface area contributed by atoms with Crippen molar-refractivity contribution in [1.82, 2.24) is 20.0 Å². The van der Waals surface area contributed by atoms with E-state index >= 15 is 0 Å². The first-order valence-corrected chi connectivity index (χ1v) is 9.73. The molecule has 0 fully saturated rings. The highest BCUT2D eigenvalue weighted by atomic mass is 79.9. The van der Waals surface area contributed by atoms with Crippen LogP contribution in [0, 0.1) is 6.92 Å². The molecule has 0 saturated heterocycles. The van der Waals surface area contributed by atoms with Crippen molar-refractivity contribution in [2.45, 2.75) is 13.3 Å². The number of hydrogen-bond donors (Lipinski definition) is 1. The zero-order chi connectivity index (χ0) is 19.7. The largest absolute Gasteiger partial charge is 0.351 e. The summed E-state index contributed by atoms with van der Waals surface area (Å²) in [5.74, 6) is 0.961. The minimum atomic E-state index is -0.0535. The van der Waals surface area contributed by atoms with Crippen LogP contribution >= 0.6 is 15.9 Å². The summed E-state index contributed by atoms with van der Waals surface area (Å²) >= 11 is 3.42. The summed E-state index contributed by atoms with van der Waals surface area (Å²) in [5.41, 5.74) is 3.64. The summed E-state index contributed by atoms with van der Waals surface area (Å²) in [4.78, 5) is 22.0. The van der Waals surface area contributed by atoms with E-state index in [0.29, 0.717) is 30.2 Å². The fourth-order valence-electron chi connectivity index (χ4n) is 3.04. The van der Waals surface area contributed by atoms with Crippen molar-refractivity contribution in [3.05, 3.63) is 70.0 Å². The van der Waals surface area contributed by atoms with E-state index in [1.807, 2.05) is 30.3 Å². The van der Waals surface area contributed by atoms with E-state index < -0.39 is 0 Å². The minimum absolute atomic E-state index is 0.0535. The molecule has 1 N–H and O–H groups in total. The number of hydrogen-bond acceptors (Lipinski definition) is 4. The molecule has 2 aromatic carbocycles. The Morgan fingerprint density at radius 3 is 2.86 bits per heavy atom. The molecule has 4 aromatic rings. The zero-order valence-corrected chi connectivity index (χ0v) is 17.2. The molecule has 28 heavy (non-hydrogen) atoms. The Kier molecular flexibility index (Phi) is 5.00. The normalized spacial score (nSPS) is 11.1. The van der Waals surface area contributed by atoms with Gasteiger partial charge >= 0.3 is 0 Å². The predicted octanol–water partition coefficient (Wildman–Crippen LogP) is 4.60. The van der Waals surface area contributed by atoms with E-state index in [0.717, 1.165) is 21.1 Å². The Labute approximate surface area is 170 Å². The van der Waals surface area contributed by atoms with Crippen molar-refractivity contribution in [3.63, 3.8) is 0 Å². The van der Waals surface area contributed by atoms with E-state index in [2.05, 4.69) is 50.1 Å². The second-order valence-electron chi connectivity index (χ2n) is 6.75. The summed E-state index contributed by atoms with van der Waals surface area (Å²) < 4.78 is 6.18. The first-order valence-electron chi connectivity index (χ1n) is 8.93. The molecule has 0 atom stereocenters. The van der Waals surface area contributed by atoms with Gasteiger partial charge in [-0.25, -0.2) is 0 Å². The number of halogens is 1. The molecule has 4 rings (SSSR count). The minimum Gasteiger partial charge on any atom is -0.351 e. The number of likely N-dealkylation sites (N-methyl/N-ethyl adjacent to an activating group) is 1. The van der Waals surface area contributed by atoms with Gasteiger partial charge in [0.25, 0.3) is 11.8 Å². The topological polar surface area (TPSA) is 75.0 Å². The third kappa shape index (κ3) is 3.71. The van der Waals surface area contributed by atoms with Crippen LogP contribution < -0.4 is 0 Å². The van der Waals surface area contributed by atoms with Crippen LogP contribution in [0.1, 0.15) is 21.7 Å². The highest BCUT2D eigenvalue weighted by Crippen LogP contribution is 2.24. The quantitative estimate of drug-likeness (QED) is 0.493. The molecule has 2 aromatic heterocycles. The molecule has 0 spiro atoms. The number of carbonyl (C=O) groups excluding carboxylic acids is 1. The molecule has 0 radical (unpaired) electrons. The lowest BCUT2D eigenvalue weighted by Crippen LogP contribution is -2.29. The standard InChI is InChI=1S/C21H19BrN4O2/c1-13-7-8-17-14(11-13)12-18(23-17)20-24-19(25-28-20)9-10-26(2)21(27)15-5-3-4-6-16(15)22/h3-8,11-12,23H,9-10H2,1-2H3. The summed E-state index contributed by atoms with van der Waals surface area (Å²) in [7, 11) is 1.77. The molecule has 0 aliphatic rings. The number of benzene rings is 2. The Balaban J connectivity index is 1.44. The molecule has 1 amide bonds. The fourth-order valence-corrected chi connectivity index (χ4v) is 3.50. The Morgan fingerprint density at radius 1 is 1.21 bits per heavy atom. The van der Waals surface area contributed by atoms with Gasteiger partial charge in [-0.05, 0) is 53.2 Å². The summed E-state index contributed by atoms with van der Waals surface area (Å²) in [6.45, 7) is 2.55. The van der Waals surface area contributed by atoms with Crippen LogP contribution in [0.25, 0.3) is 22.5 Å². The van der Waals surface area contributed by atoms with E-state index in [-0.39, 0.29) is 5.91 Å². The van der Waals surface area contributed by atoms with Gasteiger partial charge in [-0.3, -0.25) is 4.79 Å². The van der Waals surface area contributed by atoms with Gasteiger partial charge < -0.3 is 14.4 Å². The van der Waals surface area contributed by atoms with Crippen LogP contribution in [-0.4, -0.2) is 39.5 Å². The van der Waals surface area contributed by atoms with Crippen LogP contribution in [0.4, 0.5) is 0 Å². The number of fused-ring (bicyclic) bond motifs is 1. The Bertz CT molecular complexity index is 1150. The number of carbonyl (C=O) groups is 1. The SMILES string of the molecule is Cc1ccc2[nH]c(-c3nc(CCN(C)C(=O)c4ccccc4Br)no3)cc2c1. The maximum absolute atomic E-state index is 12.6. The van der Waals surface area contributed by atoms with E-state index in [4.69, 9.17) is 4.52 Å². The number of amides is 1. The van der Waals surface area contributed by atoms with Gasteiger partial charge in [0, 0.05) is 35.4 Å². The Hall–Kier alpha value is -2.93. The van der Waals surface area contributed by atoms with Crippen molar-refractivity contribution in [3.8, 4) is 11.6 Å². The summed E-state index contributed by atoms with van der Waals surface area (Å²) in [5, 5.41) is 5.15. The summed E-state index contributed by atoms with van der Waals surface area (Å²) in [6.07, 6.45) is 0.509. The lowest BCUT2D eigenvalue weighted by molar-refractivity contribution is 0.0795. The number of nitrogens with zero attached hydrogens (tertiary/aromatic N) is 3. The summed E-state index contributed by atoms with van der Waals surface area (Å²) in [6, 6.07) is 15.6. The van der Waals surface area contributed by atoms with Gasteiger partial charge in [-0.1, -0.05) is 28.9 Å². The van der Waals surface area contributed by atoms with E-state index in [1.54, 1.807) is 18.0 Å². The monoisotopic (exact) mass is 438 g/mol. The third-order valence-corrected chi connectivity index (χ3v) is 5.29. The van der Waals surface area contributed by atoms with Gasteiger partial charge in [0.1, 0.15) is 5.69 Å². The first-order chi connectivity index (χ1) is 13.5. The van der Waals surface area contributed by atoms with Gasteiger partial charge in [0.15, 0.2) is 5.82 Å². The third-order valence-electron chi connectivity index (χ3n) is 4.60. The number of H-pyrrole nitrogens is 1. The van der Waals surface area contributed by atoms with Crippen LogP contribution in [0.3, 0.4) is 0 Å². The maximum Gasteiger partial charge on any atom is 0.274 e. The average Bonchev–Trinajstić information content (AvgIpc) is 3.32. The maximum atomic E-state index is 12.6. The lowest BCUT2D eigenvalue weighted by atomic mass is 10.2. The highest BCUT2D eigenvalue weighted by molar-refractivity contribution is 9.10. The molecule has 0 aliphatic carbocycles. The number of aromatic amines is 1. The second-order valence-corrected chi connectivity index (χ2v) is 7.60. The molecule has 2 heterocycles. The fraction of sp³-hybridized carbons (Fsp3) is 0.190. The molecule has 0 unspecified atom stereocenters. The lowest BCUT2D eigenvalue weighted by Gasteiger charge is -2.16. The molecule has 7 heteroatoms. The Morgan fingerprint density at radius 2 is 2.04 bits per heavy atom. The molecule has 6 nitrogen and oxygen atoms in total. The van der Waals surface area contributed by atoms with Gasteiger partial charge in [0.2, 0.25) is 0 Å². The van der Waals surface area contributed by atoms with Crippen LogP contribution in [0.2, 0.25) is 0 Å². The zero-order valence-electron chi connectivity index (χ0n) is 15.6. The van der Waals surface area contributed by atoms with Crippen LogP contribution in [0.15, 0.2) is 57.5 Å². The predicted molar refractivity (Wildman–Crippen MR) is 111 cm³/mol. The molecule has 142 valence electrons. The van der Waals surface area contributed by atoms with Gasteiger partial charge in [-0.15, -0.1) is 0 Å². The highest BCUT2D eigenvalue weighted by Gasteiger charge is 2.16. The first kappa shape index (κ1) is 18.4. The molecule has 0 aliphatic heterocycles. The molecular weight excluding hydrogens is 420 g/mol. The van der Waals surface area contributed by atoms with Crippen molar-refractivity contribution in [2.75, 3.05) is 13.6 Å². The number of aromatic nitrogens is 3. The molecule has 0 bridgehead atoms.